The van der Waals surface area contributed by atoms with Crippen LogP contribution >= 0.6 is 0 Å². The van der Waals surface area contributed by atoms with Gasteiger partial charge in [-0.3, -0.25) is 20.1 Å². The Bertz CT molecular complexity index is 1880. The van der Waals surface area contributed by atoms with Crippen molar-refractivity contribution in [3.05, 3.63) is 109 Å². The van der Waals surface area contributed by atoms with Gasteiger partial charge in [-0.2, -0.15) is 5.10 Å². The summed E-state index contributed by atoms with van der Waals surface area (Å²) in [4.78, 5) is 21.3. The van der Waals surface area contributed by atoms with Crippen LogP contribution in [0.5, 0.6) is 5.75 Å². The van der Waals surface area contributed by atoms with Crippen LogP contribution in [0.3, 0.4) is 0 Å². The van der Waals surface area contributed by atoms with Crippen molar-refractivity contribution < 1.29 is 4.74 Å². The van der Waals surface area contributed by atoms with Crippen LogP contribution in [0.4, 0.5) is 0 Å². The molecule has 182 valence electrons. The minimum atomic E-state index is 0.478. The molecule has 7 aromatic rings. The minimum Gasteiger partial charge on any atom is -0.487 e. The van der Waals surface area contributed by atoms with Gasteiger partial charge in [-0.25, -0.2) is 4.98 Å². The van der Waals surface area contributed by atoms with E-state index in [2.05, 4.69) is 47.2 Å². The van der Waals surface area contributed by atoms with Crippen LogP contribution in [0.25, 0.3) is 55.7 Å². The lowest BCUT2D eigenvalue weighted by atomic mass is 10.1. The zero-order valence-corrected chi connectivity index (χ0v) is 20.2. The molecule has 0 aliphatic heterocycles. The van der Waals surface area contributed by atoms with Crippen LogP contribution in [0.2, 0.25) is 0 Å². The number of pyridine rings is 4. The second-order valence-corrected chi connectivity index (χ2v) is 8.92. The lowest BCUT2D eigenvalue weighted by Crippen LogP contribution is -1.96. The predicted molar refractivity (Wildman–Crippen MR) is 146 cm³/mol. The van der Waals surface area contributed by atoms with Gasteiger partial charge >= 0.3 is 0 Å². The largest absolute Gasteiger partial charge is 0.487 e. The molecule has 0 aliphatic carbocycles. The monoisotopic (exact) mass is 495 g/mol. The van der Waals surface area contributed by atoms with Crippen LogP contribution in [-0.4, -0.2) is 35.1 Å². The van der Waals surface area contributed by atoms with Crippen LogP contribution in [0, 0.1) is 0 Å². The molecule has 0 spiro atoms. The van der Waals surface area contributed by atoms with E-state index in [0.717, 1.165) is 55.6 Å². The Kier molecular flexibility index (Phi) is 5.33. The van der Waals surface area contributed by atoms with Gasteiger partial charge in [-0.15, -0.1) is 0 Å². The summed E-state index contributed by atoms with van der Waals surface area (Å²) in [6.07, 6.45) is 10.7. The van der Waals surface area contributed by atoms with E-state index in [-0.39, 0.29) is 0 Å². The van der Waals surface area contributed by atoms with E-state index in [1.807, 2.05) is 73.2 Å². The molecule has 1 aromatic carbocycles. The molecule has 38 heavy (non-hydrogen) atoms. The molecule has 6 aromatic heterocycles. The molecule has 0 unspecified atom stereocenters. The first-order valence-corrected chi connectivity index (χ1v) is 12.2. The van der Waals surface area contributed by atoms with E-state index in [1.165, 1.54) is 0 Å². The number of aromatic amines is 2. The SMILES string of the molecule is c1ccc(COc2cncc(-c3cnc4n[nH]c(-c5cc6c(-c7ccncc7)nccc6[nH]5)c4c3)c2)cc1. The van der Waals surface area contributed by atoms with Gasteiger partial charge in [-0.1, -0.05) is 30.3 Å². The Hall–Kier alpha value is -5.37. The smallest absolute Gasteiger partial charge is 0.181 e. The van der Waals surface area contributed by atoms with Crippen molar-refractivity contribution in [2.45, 2.75) is 6.61 Å². The third kappa shape index (κ3) is 4.04. The predicted octanol–water partition coefficient (Wildman–Crippen LogP) is 6.20. The van der Waals surface area contributed by atoms with Gasteiger partial charge in [0.05, 0.1) is 23.3 Å². The van der Waals surface area contributed by atoms with Crippen molar-refractivity contribution in [2.24, 2.45) is 0 Å². The maximum absolute atomic E-state index is 5.98. The highest BCUT2D eigenvalue weighted by Gasteiger charge is 2.15. The second-order valence-electron chi connectivity index (χ2n) is 8.92. The molecule has 0 radical (unpaired) electrons. The molecule has 8 nitrogen and oxygen atoms in total. The number of benzene rings is 1. The minimum absolute atomic E-state index is 0.478. The highest BCUT2D eigenvalue weighted by Crippen LogP contribution is 2.34. The van der Waals surface area contributed by atoms with Gasteiger partial charge in [-0.05, 0) is 42.0 Å². The molecule has 0 fully saturated rings. The molecular formula is C30H21N7O. The molecular weight excluding hydrogens is 474 g/mol. The van der Waals surface area contributed by atoms with Crippen LogP contribution in [-0.2, 0) is 6.61 Å². The van der Waals surface area contributed by atoms with Crippen molar-refractivity contribution in [3.63, 3.8) is 0 Å². The Morgan fingerprint density at radius 3 is 2.47 bits per heavy atom. The van der Waals surface area contributed by atoms with E-state index in [9.17, 15) is 0 Å². The van der Waals surface area contributed by atoms with Gasteiger partial charge in [0, 0.05) is 64.0 Å². The van der Waals surface area contributed by atoms with Crippen molar-refractivity contribution in [2.75, 3.05) is 0 Å². The lowest BCUT2D eigenvalue weighted by molar-refractivity contribution is 0.305. The second kappa shape index (κ2) is 9.25. The van der Waals surface area contributed by atoms with Crippen molar-refractivity contribution >= 4 is 21.9 Å². The highest BCUT2D eigenvalue weighted by atomic mass is 16.5. The van der Waals surface area contributed by atoms with Crippen molar-refractivity contribution in [3.8, 4) is 39.5 Å². The molecule has 6 heterocycles. The maximum Gasteiger partial charge on any atom is 0.181 e. The van der Waals surface area contributed by atoms with E-state index in [1.54, 1.807) is 18.6 Å². The molecule has 2 N–H and O–H groups in total. The van der Waals surface area contributed by atoms with Gasteiger partial charge in [0.25, 0.3) is 0 Å². The van der Waals surface area contributed by atoms with Crippen LogP contribution < -0.4 is 4.74 Å². The van der Waals surface area contributed by atoms with Gasteiger partial charge in [0.15, 0.2) is 5.65 Å². The molecule has 0 saturated carbocycles. The Labute approximate surface area is 217 Å². The number of nitrogens with zero attached hydrogens (tertiary/aromatic N) is 5. The summed E-state index contributed by atoms with van der Waals surface area (Å²) >= 11 is 0. The average molecular weight is 496 g/mol. The fourth-order valence-electron chi connectivity index (χ4n) is 4.59. The Morgan fingerprint density at radius 1 is 0.711 bits per heavy atom. The van der Waals surface area contributed by atoms with Crippen LogP contribution in [0.1, 0.15) is 5.56 Å². The molecule has 0 amide bonds. The van der Waals surface area contributed by atoms with E-state index >= 15 is 0 Å². The summed E-state index contributed by atoms with van der Waals surface area (Å²) in [5, 5.41) is 9.53. The van der Waals surface area contributed by atoms with Gasteiger partial charge in [0.1, 0.15) is 12.4 Å². The van der Waals surface area contributed by atoms with E-state index < -0.39 is 0 Å². The number of rotatable bonds is 6. The summed E-state index contributed by atoms with van der Waals surface area (Å²) in [5.74, 6) is 0.700. The summed E-state index contributed by atoms with van der Waals surface area (Å²) in [5.41, 5.74) is 8.24. The van der Waals surface area contributed by atoms with Gasteiger partial charge < -0.3 is 9.72 Å². The maximum atomic E-state index is 5.98. The number of nitrogens with one attached hydrogen (secondary N) is 2. The number of aromatic nitrogens is 7. The number of hydrogen-bond acceptors (Lipinski definition) is 6. The number of hydrogen-bond donors (Lipinski definition) is 2. The molecule has 8 heteroatoms. The number of H-pyrrole nitrogens is 2. The van der Waals surface area contributed by atoms with Crippen molar-refractivity contribution in [1.29, 1.82) is 0 Å². The summed E-state index contributed by atoms with van der Waals surface area (Å²) in [6, 6.07) is 22.1. The van der Waals surface area contributed by atoms with Crippen molar-refractivity contribution in [1.82, 2.24) is 35.1 Å². The lowest BCUT2D eigenvalue weighted by Gasteiger charge is -2.08. The summed E-state index contributed by atoms with van der Waals surface area (Å²) < 4.78 is 5.98. The van der Waals surface area contributed by atoms with E-state index in [0.29, 0.717) is 18.0 Å². The molecule has 0 saturated heterocycles. The molecule has 7 rings (SSSR count). The average Bonchev–Trinajstić information content (AvgIpc) is 3.61. The van der Waals surface area contributed by atoms with Crippen LogP contribution in [0.15, 0.2) is 104 Å². The zero-order chi connectivity index (χ0) is 25.3. The first-order valence-electron chi connectivity index (χ1n) is 12.2. The fourth-order valence-corrected chi connectivity index (χ4v) is 4.59. The number of ether oxygens (including phenoxy) is 1. The molecule has 0 bridgehead atoms. The standard InChI is InChI=1S/C30H21N7O/c1-2-4-19(5-3-1)18-38-23-12-21(15-32-17-23)22-13-25-29(36-37-30(25)34-16-22)27-14-24-26(35-27)8-11-33-28(24)20-6-9-31-10-7-20/h1-17,35H,18H2,(H,34,36,37). The highest BCUT2D eigenvalue weighted by molar-refractivity contribution is 5.99. The van der Waals surface area contributed by atoms with Gasteiger partial charge in [0.2, 0.25) is 0 Å². The third-order valence-electron chi connectivity index (χ3n) is 6.48. The normalized spacial score (nSPS) is 11.3. The third-order valence-corrected chi connectivity index (χ3v) is 6.48. The zero-order valence-electron chi connectivity index (χ0n) is 20.2. The summed E-state index contributed by atoms with van der Waals surface area (Å²) in [7, 11) is 0. The Balaban J connectivity index is 1.24. The molecule has 0 atom stereocenters. The summed E-state index contributed by atoms with van der Waals surface area (Å²) in [6.45, 7) is 0.478. The van der Waals surface area contributed by atoms with E-state index in [4.69, 9.17) is 4.74 Å². The number of fused-ring (bicyclic) bond motifs is 2. The topological polar surface area (TPSA) is 105 Å². The first-order chi connectivity index (χ1) is 18.8. The first kappa shape index (κ1) is 21.9. The quantitative estimate of drug-likeness (QED) is 0.284. The Morgan fingerprint density at radius 2 is 1.58 bits per heavy atom. The fraction of sp³-hybridized carbons (Fsp3) is 0.0333. The molecule has 0 aliphatic rings.